The molecule has 0 spiro atoms. The Labute approximate surface area is 165 Å². The van der Waals surface area contributed by atoms with Crippen molar-refractivity contribution in [3.8, 4) is 22.4 Å². The fourth-order valence-electron chi connectivity index (χ4n) is 4.15. The summed E-state index contributed by atoms with van der Waals surface area (Å²) < 4.78 is 2.22. The monoisotopic (exact) mass is 363 g/mol. The first-order valence-corrected chi connectivity index (χ1v) is 9.71. The van der Waals surface area contributed by atoms with Gasteiger partial charge >= 0.3 is 0 Å². The van der Waals surface area contributed by atoms with E-state index in [1.807, 2.05) is 49.4 Å². The van der Waals surface area contributed by atoms with Gasteiger partial charge in [0.1, 0.15) is 0 Å². The minimum atomic E-state index is 0.0875. The van der Waals surface area contributed by atoms with E-state index in [-0.39, 0.29) is 5.78 Å². The molecule has 0 bridgehead atoms. The summed E-state index contributed by atoms with van der Waals surface area (Å²) in [5, 5.41) is 0. The third kappa shape index (κ3) is 2.69. The maximum absolute atomic E-state index is 13.6. The van der Waals surface area contributed by atoms with Gasteiger partial charge in [0, 0.05) is 28.9 Å². The maximum Gasteiger partial charge on any atom is 0.210 e. The van der Waals surface area contributed by atoms with Crippen LogP contribution in [-0.4, -0.2) is 10.4 Å². The van der Waals surface area contributed by atoms with E-state index in [1.165, 1.54) is 11.1 Å². The second kappa shape index (κ2) is 6.65. The van der Waals surface area contributed by atoms with Crippen LogP contribution in [0.4, 0.5) is 0 Å². The molecule has 0 amide bonds. The lowest BCUT2D eigenvalue weighted by Crippen LogP contribution is -2.17. The summed E-state index contributed by atoms with van der Waals surface area (Å²) in [6, 6.07) is 28.8. The normalized spacial score (nSPS) is 12.3. The van der Waals surface area contributed by atoms with Crippen molar-refractivity contribution in [3.05, 3.63) is 107 Å². The zero-order valence-corrected chi connectivity index (χ0v) is 15.9. The van der Waals surface area contributed by atoms with Gasteiger partial charge in [-0.1, -0.05) is 84.4 Å². The summed E-state index contributed by atoms with van der Waals surface area (Å²) in [5.74, 6) is 0.0875. The van der Waals surface area contributed by atoms with Gasteiger partial charge in [-0.15, -0.1) is 0 Å². The van der Waals surface area contributed by atoms with Crippen LogP contribution < -0.4 is 0 Å². The van der Waals surface area contributed by atoms with Crippen LogP contribution in [-0.2, 0) is 13.0 Å². The number of carbonyl (C=O) groups is 1. The lowest BCUT2D eigenvalue weighted by molar-refractivity contribution is 0.103. The lowest BCUT2D eigenvalue weighted by Gasteiger charge is -2.21. The molecule has 1 aliphatic heterocycles. The standard InChI is InChI=1S/C26H21NO/c1-18-11-13-21(14-12-18)26(28)25-23(19-7-3-2-4-8-19)17-24-22-10-6-5-9-20(22)15-16-27(24)25/h2-14,17H,15-16H2,1H3. The number of carbonyl (C=O) groups excluding carboxylic acids is 1. The van der Waals surface area contributed by atoms with Crippen molar-refractivity contribution >= 4 is 5.78 Å². The van der Waals surface area contributed by atoms with Crippen molar-refractivity contribution in [2.24, 2.45) is 0 Å². The van der Waals surface area contributed by atoms with Gasteiger partial charge in [-0.25, -0.2) is 0 Å². The Bertz CT molecular complexity index is 1170. The Kier molecular flexibility index (Phi) is 3.98. The van der Waals surface area contributed by atoms with Gasteiger partial charge in [-0.3, -0.25) is 4.79 Å². The van der Waals surface area contributed by atoms with Crippen LogP contribution in [0.5, 0.6) is 0 Å². The molecule has 0 saturated heterocycles. The van der Waals surface area contributed by atoms with Gasteiger partial charge in [0.15, 0.2) is 0 Å². The van der Waals surface area contributed by atoms with Crippen LogP contribution in [0, 0.1) is 6.92 Å². The van der Waals surface area contributed by atoms with Crippen LogP contribution >= 0.6 is 0 Å². The van der Waals surface area contributed by atoms with Gasteiger partial charge in [-0.05, 0) is 30.5 Å². The number of aryl methyl sites for hydroxylation is 2. The zero-order chi connectivity index (χ0) is 19.1. The Hall–Kier alpha value is -3.39. The lowest BCUT2D eigenvalue weighted by atomic mass is 9.98. The fourth-order valence-corrected chi connectivity index (χ4v) is 4.15. The summed E-state index contributed by atoms with van der Waals surface area (Å²) in [4.78, 5) is 13.6. The molecule has 4 aromatic rings. The van der Waals surface area contributed by atoms with E-state index in [4.69, 9.17) is 0 Å². The molecule has 0 unspecified atom stereocenters. The van der Waals surface area contributed by atoms with Crippen LogP contribution in [0.3, 0.4) is 0 Å². The number of benzene rings is 3. The van der Waals surface area contributed by atoms with Gasteiger partial charge in [-0.2, -0.15) is 0 Å². The van der Waals surface area contributed by atoms with E-state index in [9.17, 15) is 4.79 Å². The molecule has 0 radical (unpaired) electrons. The molecule has 0 fully saturated rings. The highest BCUT2D eigenvalue weighted by atomic mass is 16.1. The van der Waals surface area contributed by atoms with E-state index < -0.39 is 0 Å². The smallest absolute Gasteiger partial charge is 0.210 e. The molecule has 1 aliphatic rings. The summed E-state index contributed by atoms with van der Waals surface area (Å²) in [6.45, 7) is 2.87. The second-order valence-electron chi connectivity index (χ2n) is 7.41. The van der Waals surface area contributed by atoms with Crippen molar-refractivity contribution in [2.45, 2.75) is 19.9 Å². The number of fused-ring (bicyclic) bond motifs is 3. The summed E-state index contributed by atoms with van der Waals surface area (Å²) in [6.07, 6.45) is 0.945. The molecule has 5 rings (SSSR count). The van der Waals surface area contributed by atoms with E-state index in [1.54, 1.807) is 0 Å². The van der Waals surface area contributed by atoms with E-state index >= 15 is 0 Å². The molecule has 136 valence electrons. The molecule has 28 heavy (non-hydrogen) atoms. The van der Waals surface area contributed by atoms with E-state index in [0.29, 0.717) is 0 Å². The van der Waals surface area contributed by atoms with Crippen molar-refractivity contribution < 1.29 is 4.79 Å². The average Bonchev–Trinajstić information content (AvgIpc) is 3.14. The molecule has 0 aliphatic carbocycles. The minimum Gasteiger partial charge on any atom is -0.337 e. The van der Waals surface area contributed by atoms with Crippen molar-refractivity contribution in [1.29, 1.82) is 0 Å². The molecule has 2 heterocycles. The molecule has 1 aromatic heterocycles. The van der Waals surface area contributed by atoms with Crippen LogP contribution in [0.15, 0.2) is 84.9 Å². The molecule has 3 aromatic carbocycles. The molecule has 0 N–H and O–H groups in total. The van der Waals surface area contributed by atoms with Crippen molar-refractivity contribution in [1.82, 2.24) is 4.57 Å². The van der Waals surface area contributed by atoms with Crippen LogP contribution in [0.25, 0.3) is 22.4 Å². The zero-order valence-electron chi connectivity index (χ0n) is 15.9. The highest BCUT2D eigenvalue weighted by Crippen LogP contribution is 2.38. The third-order valence-corrected chi connectivity index (χ3v) is 5.61. The SMILES string of the molecule is Cc1ccc(C(=O)c2c(-c3ccccc3)cc3n2CCc2ccccc2-3)cc1. The Morgan fingerprint density at radius 2 is 1.54 bits per heavy atom. The van der Waals surface area contributed by atoms with Crippen molar-refractivity contribution in [3.63, 3.8) is 0 Å². The minimum absolute atomic E-state index is 0.0875. The first-order valence-electron chi connectivity index (χ1n) is 9.71. The first-order chi connectivity index (χ1) is 13.7. The number of rotatable bonds is 3. The fraction of sp³-hybridized carbons (Fsp3) is 0.115. The van der Waals surface area contributed by atoms with Gasteiger partial charge in [0.2, 0.25) is 5.78 Å². The number of nitrogens with zero attached hydrogens (tertiary/aromatic N) is 1. The summed E-state index contributed by atoms with van der Waals surface area (Å²) in [5.41, 5.74) is 8.50. The predicted octanol–water partition coefficient (Wildman–Crippen LogP) is 5.92. The van der Waals surface area contributed by atoms with Gasteiger partial charge in [0.25, 0.3) is 0 Å². The highest BCUT2D eigenvalue weighted by Gasteiger charge is 2.26. The maximum atomic E-state index is 13.6. The summed E-state index contributed by atoms with van der Waals surface area (Å²) >= 11 is 0. The second-order valence-corrected chi connectivity index (χ2v) is 7.41. The molecule has 0 saturated carbocycles. The van der Waals surface area contributed by atoms with Gasteiger partial charge < -0.3 is 4.57 Å². The van der Waals surface area contributed by atoms with E-state index in [2.05, 4.69) is 47.0 Å². The summed E-state index contributed by atoms with van der Waals surface area (Å²) in [7, 11) is 0. The Balaban J connectivity index is 1.75. The van der Waals surface area contributed by atoms with Crippen LogP contribution in [0.1, 0.15) is 27.2 Å². The quantitative estimate of drug-likeness (QED) is 0.414. The number of hydrogen-bond acceptors (Lipinski definition) is 1. The van der Waals surface area contributed by atoms with Crippen LogP contribution in [0.2, 0.25) is 0 Å². The molecular formula is C26H21NO. The predicted molar refractivity (Wildman–Crippen MR) is 114 cm³/mol. The molecular weight excluding hydrogens is 342 g/mol. The number of aromatic nitrogens is 1. The van der Waals surface area contributed by atoms with E-state index in [0.717, 1.165) is 46.6 Å². The topological polar surface area (TPSA) is 22.0 Å². The number of ketones is 1. The third-order valence-electron chi connectivity index (χ3n) is 5.61. The molecule has 0 atom stereocenters. The molecule has 2 heteroatoms. The Morgan fingerprint density at radius 3 is 2.32 bits per heavy atom. The molecule has 2 nitrogen and oxygen atoms in total. The largest absolute Gasteiger partial charge is 0.337 e. The van der Waals surface area contributed by atoms with Gasteiger partial charge in [0.05, 0.1) is 5.69 Å². The Morgan fingerprint density at radius 1 is 0.821 bits per heavy atom. The highest BCUT2D eigenvalue weighted by molar-refractivity contribution is 6.12. The average molecular weight is 363 g/mol. The number of hydrogen-bond donors (Lipinski definition) is 0. The van der Waals surface area contributed by atoms with Crippen molar-refractivity contribution in [2.75, 3.05) is 0 Å². The first kappa shape index (κ1) is 16.8.